The maximum Gasteiger partial charge on any atom is 0.311 e. The molecule has 5 heteroatoms. The summed E-state index contributed by atoms with van der Waals surface area (Å²) < 4.78 is 4.93. The van der Waals surface area contributed by atoms with Crippen LogP contribution in [0.4, 0.5) is 5.69 Å². The number of methoxy groups -OCH3 is 1. The van der Waals surface area contributed by atoms with Crippen molar-refractivity contribution < 1.29 is 14.8 Å². The molecule has 0 bridgehead atoms. The van der Waals surface area contributed by atoms with E-state index in [0.29, 0.717) is 6.42 Å². The molecule has 0 unspecified atom stereocenters. The van der Waals surface area contributed by atoms with Crippen LogP contribution in [0.25, 0.3) is 0 Å². The van der Waals surface area contributed by atoms with Crippen molar-refractivity contribution in [2.45, 2.75) is 20.3 Å². The van der Waals surface area contributed by atoms with E-state index in [2.05, 4.69) is 0 Å². The van der Waals surface area contributed by atoms with Gasteiger partial charge in [0.05, 0.1) is 12.0 Å². The second-order valence-corrected chi connectivity index (χ2v) is 4.76. The lowest BCUT2D eigenvalue weighted by molar-refractivity contribution is -0.385. The average Bonchev–Trinajstić information content (AvgIpc) is 2.28. The highest BCUT2D eigenvalue weighted by atomic mass is 16.6. The van der Waals surface area contributed by atoms with Crippen LogP contribution < -0.4 is 4.74 Å². The van der Waals surface area contributed by atoms with Crippen molar-refractivity contribution in [2.75, 3.05) is 13.7 Å². The number of ether oxygens (including phenoxy) is 1. The van der Waals surface area contributed by atoms with Gasteiger partial charge in [0, 0.05) is 12.7 Å². The van der Waals surface area contributed by atoms with Crippen LogP contribution in [0.1, 0.15) is 19.4 Å². The molecular weight excluding hydrogens is 222 g/mol. The number of rotatable bonds is 5. The predicted molar refractivity (Wildman–Crippen MR) is 64.2 cm³/mol. The second kappa shape index (κ2) is 5.14. The monoisotopic (exact) mass is 239 g/mol. The van der Waals surface area contributed by atoms with Gasteiger partial charge in [-0.3, -0.25) is 10.1 Å². The first-order valence-electron chi connectivity index (χ1n) is 5.32. The number of nitro groups is 1. The molecule has 1 rings (SSSR count). The third-order valence-electron chi connectivity index (χ3n) is 2.55. The Balaban J connectivity index is 3.04. The second-order valence-electron chi connectivity index (χ2n) is 4.76. The van der Waals surface area contributed by atoms with Gasteiger partial charge in [-0.1, -0.05) is 19.9 Å². The first-order chi connectivity index (χ1) is 7.89. The molecule has 0 aliphatic heterocycles. The van der Waals surface area contributed by atoms with Gasteiger partial charge in [0.2, 0.25) is 0 Å². The fourth-order valence-corrected chi connectivity index (χ4v) is 1.60. The topological polar surface area (TPSA) is 72.6 Å². The van der Waals surface area contributed by atoms with Crippen molar-refractivity contribution in [3.05, 3.63) is 33.9 Å². The van der Waals surface area contributed by atoms with Crippen LogP contribution >= 0.6 is 0 Å². The van der Waals surface area contributed by atoms with E-state index in [4.69, 9.17) is 4.74 Å². The molecule has 1 N–H and O–H groups in total. The van der Waals surface area contributed by atoms with Crippen molar-refractivity contribution in [1.82, 2.24) is 0 Å². The summed E-state index contributed by atoms with van der Waals surface area (Å²) >= 11 is 0. The van der Waals surface area contributed by atoms with Crippen molar-refractivity contribution in [2.24, 2.45) is 5.41 Å². The minimum absolute atomic E-state index is 0.0346. The van der Waals surface area contributed by atoms with E-state index in [1.165, 1.54) is 13.2 Å². The molecule has 17 heavy (non-hydrogen) atoms. The van der Waals surface area contributed by atoms with Gasteiger partial charge in [0.15, 0.2) is 5.75 Å². The van der Waals surface area contributed by atoms with Crippen molar-refractivity contribution in [3.63, 3.8) is 0 Å². The van der Waals surface area contributed by atoms with Gasteiger partial charge < -0.3 is 9.84 Å². The molecule has 0 heterocycles. The summed E-state index contributed by atoms with van der Waals surface area (Å²) in [7, 11) is 1.40. The zero-order chi connectivity index (χ0) is 13.1. The molecule has 0 fully saturated rings. The van der Waals surface area contributed by atoms with Crippen molar-refractivity contribution >= 4 is 5.69 Å². The summed E-state index contributed by atoms with van der Waals surface area (Å²) in [6, 6.07) is 4.86. The van der Waals surface area contributed by atoms with E-state index in [0.717, 1.165) is 5.56 Å². The van der Waals surface area contributed by atoms with Crippen LogP contribution in [0.5, 0.6) is 5.75 Å². The summed E-state index contributed by atoms with van der Waals surface area (Å²) in [6.45, 7) is 3.85. The first-order valence-corrected chi connectivity index (χ1v) is 5.32. The zero-order valence-electron chi connectivity index (χ0n) is 10.3. The largest absolute Gasteiger partial charge is 0.490 e. The van der Waals surface area contributed by atoms with Gasteiger partial charge in [-0.25, -0.2) is 0 Å². The molecule has 0 aromatic heterocycles. The number of aliphatic hydroxyl groups is 1. The summed E-state index contributed by atoms with van der Waals surface area (Å²) in [6.07, 6.45) is 0.578. The average molecular weight is 239 g/mol. The van der Waals surface area contributed by atoms with Crippen LogP contribution in [-0.4, -0.2) is 23.7 Å². The molecule has 0 amide bonds. The Kier molecular flexibility index (Phi) is 4.07. The molecule has 0 aliphatic carbocycles. The Morgan fingerprint density at radius 2 is 2.12 bits per heavy atom. The maximum absolute atomic E-state index is 10.8. The van der Waals surface area contributed by atoms with Crippen LogP contribution in [0.2, 0.25) is 0 Å². The number of nitro benzene ring substituents is 1. The quantitative estimate of drug-likeness (QED) is 0.631. The Labute approximate surface area is 100 Å². The molecular formula is C12H17NO4. The summed E-state index contributed by atoms with van der Waals surface area (Å²) in [4.78, 5) is 10.4. The highest BCUT2D eigenvalue weighted by molar-refractivity contribution is 5.48. The van der Waals surface area contributed by atoms with E-state index in [-0.39, 0.29) is 23.5 Å². The third-order valence-corrected chi connectivity index (χ3v) is 2.55. The molecule has 1 aromatic carbocycles. The molecule has 0 saturated carbocycles. The van der Waals surface area contributed by atoms with Crippen LogP contribution in [0.15, 0.2) is 18.2 Å². The first kappa shape index (κ1) is 13.4. The Morgan fingerprint density at radius 1 is 1.47 bits per heavy atom. The summed E-state index contributed by atoms with van der Waals surface area (Å²) in [5, 5.41) is 20.0. The predicted octanol–water partition coefficient (Wildman–Crippen LogP) is 2.16. The maximum atomic E-state index is 10.8. The van der Waals surface area contributed by atoms with Gasteiger partial charge >= 0.3 is 5.69 Å². The fraction of sp³-hybridized carbons (Fsp3) is 0.500. The van der Waals surface area contributed by atoms with Gasteiger partial charge in [-0.2, -0.15) is 0 Å². The van der Waals surface area contributed by atoms with E-state index in [1.54, 1.807) is 12.1 Å². The normalized spacial score (nSPS) is 11.3. The molecule has 0 radical (unpaired) electrons. The van der Waals surface area contributed by atoms with Gasteiger partial charge in [-0.15, -0.1) is 0 Å². The number of hydrogen-bond donors (Lipinski definition) is 1. The molecule has 0 saturated heterocycles. The molecule has 0 atom stereocenters. The summed E-state index contributed by atoms with van der Waals surface area (Å²) in [5.74, 6) is 0.251. The number of nitrogens with zero attached hydrogens (tertiary/aromatic N) is 1. The number of aliphatic hydroxyl groups excluding tert-OH is 1. The van der Waals surface area contributed by atoms with E-state index < -0.39 is 4.92 Å². The minimum Gasteiger partial charge on any atom is -0.490 e. The lowest BCUT2D eigenvalue weighted by atomic mass is 9.86. The number of hydrogen-bond acceptors (Lipinski definition) is 4. The molecule has 5 nitrogen and oxygen atoms in total. The third kappa shape index (κ3) is 3.42. The fourth-order valence-electron chi connectivity index (χ4n) is 1.60. The van der Waals surface area contributed by atoms with Crippen LogP contribution in [0.3, 0.4) is 0 Å². The molecule has 0 spiro atoms. The van der Waals surface area contributed by atoms with Crippen molar-refractivity contribution in [1.29, 1.82) is 0 Å². The van der Waals surface area contributed by atoms with E-state index in [9.17, 15) is 15.2 Å². The molecule has 1 aromatic rings. The van der Waals surface area contributed by atoms with Crippen molar-refractivity contribution in [3.8, 4) is 5.75 Å². The lowest BCUT2D eigenvalue weighted by Crippen LogP contribution is -2.19. The zero-order valence-corrected chi connectivity index (χ0v) is 10.3. The molecule has 0 aliphatic rings. The Morgan fingerprint density at radius 3 is 2.59 bits per heavy atom. The highest BCUT2D eigenvalue weighted by Gasteiger charge is 2.20. The lowest BCUT2D eigenvalue weighted by Gasteiger charge is -2.21. The van der Waals surface area contributed by atoms with Gasteiger partial charge in [-0.05, 0) is 23.5 Å². The van der Waals surface area contributed by atoms with Gasteiger partial charge in [0.1, 0.15) is 0 Å². The molecule has 94 valence electrons. The SMILES string of the molecule is COc1ccc(CC(C)(C)CO)cc1[N+](=O)[O-]. The van der Waals surface area contributed by atoms with Crippen LogP contribution in [0, 0.1) is 15.5 Å². The van der Waals surface area contributed by atoms with Crippen LogP contribution in [-0.2, 0) is 6.42 Å². The standard InChI is InChI=1S/C12H17NO4/c1-12(2,8-14)7-9-4-5-11(17-3)10(6-9)13(15)16/h4-6,14H,7-8H2,1-3H3. The summed E-state index contributed by atoms with van der Waals surface area (Å²) in [5.41, 5.74) is 0.484. The van der Waals surface area contributed by atoms with E-state index in [1.807, 2.05) is 13.8 Å². The minimum atomic E-state index is -0.464. The highest BCUT2D eigenvalue weighted by Crippen LogP contribution is 2.30. The number of benzene rings is 1. The van der Waals surface area contributed by atoms with E-state index >= 15 is 0 Å². The smallest absolute Gasteiger partial charge is 0.311 e. The Hall–Kier alpha value is -1.62. The Bertz CT molecular complexity index is 415. The van der Waals surface area contributed by atoms with Gasteiger partial charge in [0.25, 0.3) is 0 Å².